The Kier molecular flexibility index (Phi) is 6.65. The van der Waals surface area contributed by atoms with E-state index in [1.165, 1.54) is 62.3 Å². The number of fused-ring (bicyclic) bond motifs is 3. The molecule has 0 amide bonds. The number of aromatic nitrogens is 1. The Labute approximate surface area is 187 Å². The molecule has 1 aromatic carbocycles. The third-order valence-corrected chi connectivity index (χ3v) is 7.96. The lowest BCUT2D eigenvalue weighted by molar-refractivity contribution is 0.0642. The molecule has 2 aliphatic carbocycles. The van der Waals surface area contributed by atoms with Crippen molar-refractivity contribution in [3.63, 3.8) is 0 Å². The summed E-state index contributed by atoms with van der Waals surface area (Å²) in [5, 5.41) is 18.7. The summed E-state index contributed by atoms with van der Waals surface area (Å²) >= 11 is 0. The highest BCUT2D eigenvalue weighted by molar-refractivity contribution is 5.87. The van der Waals surface area contributed by atoms with Gasteiger partial charge in [-0.3, -0.25) is 4.90 Å². The number of aliphatic hydroxyl groups excluding tert-OH is 1. The molecular formula is C26H40N4O. The third-order valence-electron chi connectivity index (χ3n) is 7.96. The van der Waals surface area contributed by atoms with E-state index in [1.807, 2.05) is 7.05 Å². The highest BCUT2D eigenvalue weighted by Gasteiger charge is 2.35. The number of nitrogens with zero attached hydrogens (tertiary/aromatic N) is 2. The summed E-state index contributed by atoms with van der Waals surface area (Å²) in [7, 11) is 1.96. The van der Waals surface area contributed by atoms with Gasteiger partial charge in [0, 0.05) is 55.9 Å². The molecule has 1 saturated carbocycles. The molecule has 2 heterocycles. The van der Waals surface area contributed by atoms with Gasteiger partial charge in [-0.2, -0.15) is 0 Å². The monoisotopic (exact) mass is 424 g/mol. The number of hydrogen-bond acceptors (Lipinski definition) is 4. The van der Waals surface area contributed by atoms with E-state index in [1.54, 1.807) is 16.8 Å². The van der Waals surface area contributed by atoms with E-state index >= 15 is 0 Å². The minimum absolute atomic E-state index is 0.309. The summed E-state index contributed by atoms with van der Waals surface area (Å²) in [5.74, 6) is 0.767. The molecule has 0 radical (unpaired) electrons. The molecule has 5 nitrogen and oxygen atoms in total. The predicted molar refractivity (Wildman–Crippen MR) is 128 cm³/mol. The number of hydrogen-bond donors (Lipinski definition) is 3. The summed E-state index contributed by atoms with van der Waals surface area (Å²) in [6.45, 7) is 5.37. The van der Waals surface area contributed by atoms with Crippen molar-refractivity contribution in [3.05, 3.63) is 35.0 Å². The molecule has 1 aromatic heterocycles. The zero-order chi connectivity index (χ0) is 21.2. The van der Waals surface area contributed by atoms with Gasteiger partial charge in [-0.25, -0.2) is 0 Å². The Balaban J connectivity index is 1.37. The van der Waals surface area contributed by atoms with Crippen LogP contribution in [0.2, 0.25) is 0 Å². The summed E-state index contributed by atoms with van der Waals surface area (Å²) in [5.41, 5.74) is 6.19. The van der Waals surface area contributed by atoms with Gasteiger partial charge in [0.15, 0.2) is 0 Å². The van der Waals surface area contributed by atoms with Crippen LogP contribution in [0.3, 0.4) is 0 Å². The van der Waals surface area contributed by atoms with Crippen molar-refractivity contribution >= 4 is 10.9 Å². The largest absolute Gasteiger partial charge is 0.390 e. The normalized spacial score (nSPS) is 23.2. The zero-order valence-electron chi connectivity index (χ0n) is 19.2. The van der Waals surface area contributed by atoms with Crippen LogP contribution in [0.5, 0.6) is 0 Å². The number of aliphatic hydroxyl groups is 1. The fraction of sp³-hybridized carbons (Fsp3) is 0.692. The van der Waals surface area contributed by atoms with Crippen LogP contribution >= 0.6 is 0 Å². The molecule has 3 N–H and O–H groups in total. The summed E-state index contributed by atoms with van der Waals surface area (Å²) in [4.78, 5) is 2.56. The highest BCUT2D eigenvalue weighted by Crippen LogP contribution is 2.44. The van der Waals surface area contributed by atoms with Crippen LogP contribution in [0.4, 0.5) is 0 Å². The van der Waals surface area contributed by atoms with E-state index < -0.39 is 0 Å². The lowest BCUT2D eigenvalue weighted by Gasteiger charge is -2.40. The van der Waals surface area contributed by atoms with Gasteiger partial charge in [0.1, 0.15) is 0 Å². The maximum atomic E-state index is 10.6. The van der Waals surface area contributed by atoms with E-state index in [0.717, 1.165) is 38.6 Å². The van der Waals surface area contributed by atoms with Gasteiger partial charge in [-0.1, -0.05) is 25.3 Å². The SMILES string of the molecule is CNCCNCC(O)CN1CCn2c3c(c4cc(C5CCCCC5)ccc42)CCCC31. The number of rotatable bonds is 8. The molecule has 3 aliphatic rings. The number of aryl methyl sites for hydroxylation is 1. The Hall–Kier alpha value is -1.40. The van der Waals surface area contributed by atoms with Gasteiger partial charge in [0.2, 0.25) is 0 Å². The van der Waals surface area contributed by atoms with E-state index in [9.17, 15) is 5.11 Å². The van der Waals surface area contributed by atoms with E-state index in [4.69, 9.17) is 0 Å². The van der Waals surface area contributed by atoms with Crippen molar-refractivity contribution in [2.45, 2.75) is 76.0 Å². The van der Waals surface area contributed by atoms with E-state index in [0.29, 0.717) is 12.6 Å². The Bertz CT molecular complexity index is 885. The van der Waals surface area contributed by atoms with Crippen LogP contribution in [-0.2, 0) is 13.0 Å². The quantitative estimate of drug-likeness (QED) is 0.567. The zero-order valence-corrected chi connectivity index (χ0v) is 19.2. The maximum absolute atomic E-state index is 10.6. The molecule has 0 spiro atoms. The van der Waals surface area contributed by atoms with Crippen LogP contribution in [0, 0.1) is 0 Å². The fourth-order valence-electron chi connectivity index (χ4n) is 6.42. The molecule has 2 atom stereocenters. The Morgan fingerprint density at radius 3 is 2.77 bits per heavy atom. The first-order chi connectivity index (χ1) is 15.3. The Morgan fingerprint density at radius 1 is 1.06 bits per heavy atom. The van der Waals surface area contributed by atoms with Crippen molar-refractivity contribution in [3.8, 4) is 0 Å². The first-order valence-electron chi connectivity index (χ1n) is 12.7. The minimum Gasteiger partial charge on any atom is -0.390 e. The summed E-state index contributed by atoms with van der Waals surface area (Å²) in [6.07, 6.45) is 10.3. The third kappa shape index (κ3) is 4.30. The number of β-amino-alcohol motifs (C(OH)–C–C–N with tert-alkyl or cyclic N) is 1. The first-order valence-corrected chi connectivity index (χ1v) is 12.7. The number of likely N-dealkylation sites (N-methyl/N-ethyl adjacent to an activating group) is 1. The topological polar surface area (TPSA) is 52.5 Å². The predicted octanol–water partition coefficient (Wildman–Crippen LogP) is 3.55. The molecule has 170 valence electrons. The lowest BCUT2D eigenvalue weighted by atomic mass is 9.83. The van der Waals surface area contributed by atoms with Crippen molar-refractivity contribution in [2.75, 3.05) is 39.8 Å². The van der Waals surface area contributed by atoms with Crippen LogP contribution in [-0.4, -0.2) is 60.4 Å². The maximum Gasteiger partial charge on any atom is 0.0791 e. The molecule has 5 heteroatoms. The molecule has 2 aromatic rings. The number of nitrogens with one attached hydrogen (secondary N) is 2. The molecule has 5 rings (SSSR count). The molecule has 0 saturated heterocycles. The van der Waals surface area contributed by atoms with Crippen LogP contribution in [0.15, 0.2) is 18.2 Å². The van der Waals surface area contributed by atoms with Crippen molar-refractivity contribution in [1.82, 2.24) is 20.1 Å². The second-order valence-corrected chi connectivity index (χ2v) is 9.99. The van der Waals surface area contributed by atoms with Gasteiger partial charge < -0.3 is 20.3 Å². The summed E-state index contributed by atoms with van der Waals surface area (Å²) in [6, 6.07) is 7.87. The van der Waals surface area contributed by atoms with Gasteiger partial charge in [0.25, 0.3) is 0 Å². The average Bonchev–Trinajstić information content (AvgIpc) is 3.14. The second kappa shape index (κ2) is 9.62. The molecule has 1 aliphatic heterocycles. The van der Waals surface area contributed by atoms with Crippen molar-refractivity contribution in [2.24, 2.45) is 0 Å². The standard InChI is InChI=1S/C26H40N4O/c1-27-12-13-28-17-21(31)18-29-14-15-30-24-11-10-20(19-6-3-2-4-7-19)16-23(24)22-8-5-9-25(29)26(22)30/h10-11,16,19,21,25,27-28,31H,2-9,12-15,17-18H2,1H3. The number of benzene rings is 1. The van der Waals surface area contributed by atoms with Crippen LogP contribution in [0.25, 0.3) is 10.9 Å². The lowest BCUT2D eigenvalue weighted by Crippen LogP contribution is -2.46. The van der Waals surface area contributed by atoms with E-state index in [-0.39, 0.29) is 6.10 Å². The van der Waals surface area contributed by atoms with Crippen molar-refractivity contribution in [1.29, 1.82) is 0 Å². The van der Waals surface area contributed by atoms with Gasteiger partial charge in [-0.15, -0.1) is 0 Å². The first kappa shape index (κ1) is 21.4. The molecular weight excluding hydrogens is 384 g/mol. The second-order valence-electron chi connectivity index (χ2n) is 9.99. The van der Waals surface area contributed by atoms with Gasteiger partial charge in [0.05, 0.1) is 12.1 Å². The van der Waals surface area contributed by atoms with E-state index in [2.05, 4.69) is 38.3 Å². The van der Waals surface area contributed by atoms with Crippen LogP contribution in [0.1, 0.15) is 73.7 Å². The minimum atomic E-state index is -0.309. The molecule has 1 fully saturated rings. The van der Waals surface area contributed by atoms with Crippen LogP contribution < -0.4 is 10.6 Å². The van der Waals surface area contributed by atoms with Crippen molar-refractivity contribution < 1.29 is 5.11 Å². The summed E-state index contributed by atoms with van der Waals surface area (Å²) < 4.78 is 2.62. The average molecular weight is 425 g/mol. The molecule has 2 unspecified atom stereocenters. The van der Waals surface area contributed by atoms with Gasteiger partial charge in [-0.05, 0) is 68.3 Å². The fourth-order valence-corrected chi connectivity index (χ4v) is 6.42. The highest BCUT2D eigenvalue weighted by atomic mass is 16.3. The smallest absolute Gasteiger partial charge is 0.0791 e. The van der Waals surface area contributed by atoms with Gasteiger partial charge >= 0.3 is 0 Å². The Morgan fingerprint density at radius 2 is 1.94 bits per heavy atom. The molecule has 31 heavy (non-hydrogen) atoms. The molecule has 0 bridgehead atoms.